The summed E-state index contributed by atoms with van der Waals surface area (Å²) in [5.41, 5.74) is 5.86. The Morgan fingerprint density at radius 2 is 1.45 bits per heavy atom. The van der Waals surface area contributed by atoms with E-state index in [1.807, 2.05) is 72.8 Å². The Labute approximate surface area is 181 Å². The zero-order valence-electron chi connectivity index (χ0n) is 16.5. The average molecular weight is 457 g/mol. The Morgan fingerprint density at radius 1 is 0.931 bits per heavy atom. The van der Waals surface area contributed by atoms with Crippen LogP contribution >= 0.6 is 17.0 Å². The molecule has 6 nitrogen and oxygen atoms in total. The minimum absolute atomic E-state index is 0. The van der Waals surface area contributed by atoms with E-state index in [-0.39, 0.29) is 17.0 Å². The van der Waals surface area contributed by atoms with Gasteiger partial charge < -0.3 is 14.8 Å². The molecule has 0 radical (unpaired) electrons. The highest BCUT2D eigenvalue weighted by Crippen LogP contribution is 2.14. The molecule has 2 aromatic carbocycles. The summed E-state index contributed by atoms with van der Waals surface area (Å²) in [7, 11) is 3.32. The zero-order chi connectivity index (χ0) is 19.6. The molecule has 2 N–H and O–H groups in total. The van der Waals surface area contributed by atoms with Crippen LogP contribution in [-0.4, -0.2) is 39.0 Å². The Balaban J connectivity index is 0.00000300. The molecular formula is C22H25BrN4O2. The first-order valence-electron chi connectivity index (χ1n) is 9.03. The van der Waals surface area contributed by atoms with Gasteiger partial charge in [0.25, 0.3) is 0 Å². The fraction of sp³-hybridized carbons (Fsp3) is 0.182. The van der Waals surface area contributed by atoms with Crippen molar-refractivity contribution in [1.29, 1.82) is 0 Å². The van der Waals surface area contributed by atoms with Crippen molar-refractivity contribution in [3.05, 3.63) is 71.8 Å². The van der Waals surface area contributed by atoms with Gasteiger partial charge in [-0.1, -0.05) is 36.4 Å². The maximum atomic E-state index is 5.20. The second kappa shape index (κ2) is 11.7. The first kappa shape index (κ1) is 22.2. The second-order valence-electron chi connectivity index (χ2n) is 6.02. The average Bonchev–Trinajstić information content (AvgIpc) is 3.27. The lowest BCUT2D eigenvalue weighted by Crippen LogP contribution is -2.30. The summed E-state index contributed by atoms with van der Waals surface area (Å²) >= 11 is 0. The standard InChI is InChI=1S/C22H24N4O2.BrH/c1-27-20-11-5-17(6-12-20)3-9-19(25-26-22-23-15-16-24-22)10-4-18-7-13-21(28-2)14-8-18;/h3-14H,15-16H2,1-2H3,(H2,23,24,26);1H/b9-3+,10-4+;. The van der Waals surface area contributed by atoms with E-state index in [0.29, 0.717) is 5.96 Å². The van der Waals surface area contributed by atoms with Gasteiger partial charge in [0.2, 0.25) is 5.96 Å². The molecule has 7 heteroatoms. The third kappa shape index (κ3) is 7.12. The van der Waals surface area contributed by atoms with Crippen LogP contribution < -0.4 is 20.2 Å². The summed E-state index contributed by atoms with van der Waals surface area (Å²) in [6.07, 6.45) is 7.90. The number of hydrogen-bond acceptors (Lipinski definition) is 6. The minimum atomic E-state index is 0. The summed E-state index contributed by atoms with van der Waals surface area (Å²) in [6, 6.07) is 15.7. The van der Waals surface area contributed by atoms with Crippen LogP contribution in [0.1, 0.15) is 11.1 Å². The van der Waals surface area contributed by atoms with Crippen molar-refractivity contribution >= 4 is 40.8 Å². The molecule has 1 aliphatic heterocycles. The zero-order valence-corrected chi connectivity index (χ0v) is 18.2. The van der Waals surface area contributed by atoms with E-state index in [1.165, 1.54) is 0 Å². The van der Waals surface area contributed by atoms with Gasteiger partial charge in [-0.2, -0.15) is 5.10 Å². The van der Waals surface area contributed by atoms with Crippen LogP contribution in [0.3, 0.4) is 0 Å². The molecule has 0 atom stereocenters. The van der Waals surface area contributed by atoms with Crippen molar-refractivity contribution in [2.45, 2.75) is 0 Å². The summed E-state index contributed by atoms with van der Waals surface area (Å²) < 4.78 is 10.4. The maximum absolute atomic E-state index is 5.20. The van der Waals surface area contributed by atoms with Gasteiger partial charge in [-0.05, 0) is 47.5 Å². The van der Waals surface area contributed by atoms with E-state index in [4.69, 9.17) is 9.47 Å². The van der Waals surface area contributed by atoms with Gasteiger partial charge in [0.05, 0.1) is 26.5 Å². The summed E-state index contributed by atoms with van der Waals surface area (Å²) in [5.74, 6) is 2.35. The highest BCUT2D eigenvalue weighted by atomic mass is 79.9. The van der Waals surface area contributed by atoms with E-state index in [1.54, 1.807) is 14.2 Å². The number of methoxy groups -OCH3 is 2. The lowest BCUT2D eigenvalue weighted by molar-refractivity contribution is 0.414. The monoisotopic (exact) mass is 456 g/mol. The second-order valence-corrected chi connectivity index (χ2v) is 6.02. The predicted octanol–water partition coefficient (Wildman–Crippen LogP) is 3.91. The van der Waals surface area contributed by atoms with Crippen molar-refractivity contribution in [3.8, 4) is 11.5 Å². The number of halogens is 1. The molecule has 2 aromatic rings. The number of rotatable bonds is 7. The van der Waals surface area contributed by atoms with Gasteiger partial charge in [-0.3, -0.25) is 0 Å². The predicted molar refractivity (Wildman–Crippen MR) is 125 cm³/mol. The van der Waals surface area contributed by atoms with E-state index in [9.17, 15) is 0 Å². The van der Waals surface area contributed by atoms with Gasteiger partial charge in [0.15, 0.2) is 0 Å². The topological polar surface area (TPSA) is 67.2 Å². The van der Waals surface area contributed by atoms with E-state index >= 15 is 0 Å². The van der Waals surface area contributed by atoms with Crippen LogP contribution in [0.25, 0.3) is 12.2 Å². The van der Waals surface area contributed by atoms with Crippen LogP contribution in [0.5, 0.6) is 11.5 Å². The van der Waals surface area contributed by atoms with Crippen molar-refractivity contribution in [3.63, 3.8) is 0 Å². The Morgan fingerprint density at radius 3 is 1.86 bits per heavy atom. The number of hydrogen-bond donors (Lipinski definition) is 2. The normalized spacial score (nSPS) is 12.8. The van der Waals surface area contributed by atoms with Gasteiger partial charge in [-0.25, -0.2) is 10.4 Å². The number of hydrazone groups is 1. The molecule has 0 unspecified atom stereocenters. The van der Waals surface area contributed by atoms with Gasteiger partial charge in [0, 0.05) is 6.54 Å². The van der Waals surface area contributed by atoms with Crippen molar-refractivity contribution in [2.24, 2.45) is 10.1 Å². The van der Waals surface area contributed by atoms with Gasteiger partial charge >= 0.3 is 0 Å². The highest BCUT2D eigenvalue weighted by Gasteiger charge is 2.02. The molecule has 0 spiro atoms. The SMILES string of the molecule is Br.COc1ccc(/C=C/C(/C=C/c2ccc(OC)cc2)=NNC2=NCCN2)cc1. The van der Waals surface area contributed by atoms with E-state index < -0.39 is 0 Å². The van der Waals surface area contributed by atoms with Crippen LogP contribution in [0.15, 0.2) is 70.8 Å². The van der Waals surface area contributed by atoms with E-state index in [0.717, 1.165) is 41.4 Å². The van der Waals surface area contributed by atoms with Crippen LogP contribution in [-0.2, 0) is 0 Å². The Hall–Kier alpha value is -3.06. The third-order valence-electron chi connectivity index (χ3n) is 4.09. The molecule has 0 bridgehead atoms. The van der Waals surface area contributed by atoms with E-state index in [2.05, 4.69) is 20.8 Å². The number of aliphatic imine (C=N–C) groups is 1. The fourth-order valence-corrected chi connectivity index (χ4v) is 2.51. The van der Waals surface area contributed by atoms with Crippen molar-refractivity contribution < 1.29 is 9.47 Å². The summed E-state index contributed by atoms with van der Waals surface area (Å²) in [5, 5.41) is 7.59. The molecular weight excluding hydrogens is 432 g/mol. The minimum Gasteiger partial charge on any atom is -0.497 e. The number of guanidine groups is 1. The molecule has 0 aromatic heterocycles. The molecule has 0 saturated heterocycles. The number of nitrogens with one attached hydrogen (secondary N) is 2. The Kier molecular flexibility index (Phi) is 8.98. The third-order valence-corrected chi connectivity index (χ3v) is 4.09. The molecule has 0 saturated carbocycles. The highest BCUT2D eigenvalue weighted by molar-refractivity contribution is 8.93. The summed E-state index contributed by atoms with van der Waals surface area (Å²) in [4.78, 5) is 4.29. The molecule has 0 amide bonds. The quantitative estimate of drug-likeness (QED) is 0.489. The van der Waals surface area contributed by atoms with Crippen molar-refractivity contribution in [2.75, 3.05) is 27.3 Å². The molecule has 1 heterocycles. The largest absolute Gasteiger partial charge is 0.497 e. The van der Waals surface area contributed by atoms with Crippen LogP contribution in [0.2, 0.25) is 0 Å². The molecule has 3 rings (SSSR count). The first-order chi connectivity index (χ1) is 13.8. The molecule has 152 valence electrons. The van der Waals surface area contributed by atoms with Crippen LogP contribution in [0.4, 0.5) is 0 Å². The first-order valence-corrected chi connectivity index (χ1v) is 9.03. The van der Waals surface area contributed by atoms with Gasteiger partial charge in [0.1, 0.15) is 11.5 Å². The summed E-state index contributed by atoms with van der Waals surface area (Å²) in [6.45, 7) is 1.59. The lowest BCUT2D eigenvalue weighted by atomic mass is 10.1. The van der Waals surface area contributed by atoms with Crippen molar-refractivity contribution in [1.82, 2.24) is 10.7 Å². The Bertz CT molecular complexity index is 829. The number of benzene rings is 2. The fourth-order valence-electron chi connectivity index (χ4n) is 2.51. The molecule has 29 heavy (non-hydrogen) atoms. The molecule has 1 aliphatic rings. The number of nitrogens with zero attached hydrogens (tertiary/aromatic N) is 2. The molecule has 0 fully saturated rings. The molecule has 0 aliphatic carbocycles. The maximum Gasteiger partial charge on any atom is 0.212 e. The smallest absolute Gasteiger partial charge is 0.212 e. The lowest BCUT2D eigenvalue weighted by Gasteiger charge is -2.02. The van der Waals surface area contributed by atoms with Gasteiger partial charge in [-0.15, -0.1) is 17.0 Å². The van der Waals surface area contributed by atoms with Crippen LogP contribution in [0, 0.1) is 0 Å². The number of ether oxygens (including phenoxy) is 2. The number of allylic oxidation sites excluding steroid dienone is 2.